The lowest BCUT2D eigenvalue weighted by Gasteiger charge is -2.28. The standard InChI is InChI=1S/C25H21PS/c27-25-19-11-10-12-21(25)20-26(22-13-4-1-5-14-22,23-15-6-2-7-16-23)24-17-8-3-9-18-24/h1-19H,20H2/p+1. The van der Waals surface area contributed by atoms with E-state index < -0.39 is 7.26 Å². The average molecular weight is 385 g/mol. The molecule has 0 aliphatic rings. The molecule has 0 spiro atoms. The summed E-state index contributed by atoms with van der Waals surface area (Å²) in [5.41, 5.74) is 1.30. The minimum absolute atomic E-state index is 0.963. The van der Waals surface area contributed by atoms with Gasteiger partial charge in [-0.2, -0.15) is 0 Å². The molecule has 0 saturated heterocycles. The van der Waals surface area contributed by atoms with Crippen molar-refractivity contribution < 1.29 is 0 Å². The molecule has 0 unspecified atom stereocenters. The molecule has 0 amide bonds. The molecule has 0 heterocycles. The minimum atomic E-state index is -1.85. The predicted molar refractivity (Wildman–Crippen MR) is 123 cm³/mol. The molecule has 4 rings (SSSR count). The van der Waals surface area contributed by atoms with E-state index in [9.17, 15) is 0 Å². The number of thiol groups is 1. The van der Waals surface area contributed by atoms with Gasteiger partial charge in [-0.05, 0) is 42.5 Å². The zero-order chi connectivity index (χ0) is 18.5. The number of rotatable bonds is 5. The van der Waals surface area contributed by atoms with Crippen LogP contribution in [-0.2, 0) is 6.16 Å². The number of hydrogen-bond acceptors (Lipinski definition) is 1. The molecule has 0 nitrogen and oxygen atoms in total. The van der Waals surface area contributed by atoms with Gasteiger partial charge in [-0.25, -0.2) is 0 Å². The summed E-state index contributed by atoms with van der Waals surface area (Å²) in [6, 6.07) is 41.4. The summed E-state index contributed by atoms with van der Waals surface area (Å²) in [4.78, 5) is 1.06. The molecular weight excluding hydrogens is 363 g/mol. The molecule has 0 atom stereocenters. The van der Waals surface area contributed by atoms with Crippen molar-refractivity contribution in [1.82, 2.24) is 0 Å². The zero-order valence-corrected chi connectivity index (χ0v) is 16.9. The van der Waals surface area contributed by atoms with E-state index in [-0.39, 0.29) is 0 Å². The van der Waals surface area contributed by atoms with E-state index in [1.54, 1.807) is 0 Å². The van der Waals surface area contributed by atoms with E-state index in [1.165, 1.54) is 21.5 Å². The van der Waals surface area contributed by atoms with Crippen molar-refractivity contribution in [3.8, 4) is 0 Å². The summed E-state index contributed by atoms with van der Waals surface area (Å²) in [6.45, 7) is 0. The predicted octanol–water partition coefficient (Wildman–Crippen LogP) is 5.47. The van der Waals surface area contributed by atoms with Crippen molar-refractivity contribution in [2.24, 2.45) is 0 Å². The van der Waals surface area contributed by atoms with Crippen LogP contribution in [0.1, 0.15) is 5.56 Å². The SMILES string of the molecule is Sc1ccccc1C[P+](c1ccccc1)(c1ccccc1)c1ccccc1. The third-order valence-electron chi connectivity index (χ3n) is 4.99. The molecule has 4 aromatic rings. The van der Waals surface area contributed by atoms with Crippen molar-refractivity contribution in [2.45, 2.75) is 11.1 Å². The highest BCUT2D eigenvalue weighted by Gasteiger charge is 2.45. The van der Waals surface area contributed by atoms with Crippen LogP contribution in [0.4, 0.5) is 0 Å². The Morgan fingerprint density at radius 1 is 0.481 bits per heavy atom. The van der Waals surface area contributed by atoms with E-state index in [4.69, 9.17) is 12.6 Å². The molecule has 0 aliphatic carbocycles. The van der Waals surface area contributed by atoms with Crippen molar-refractivity contribution in [2.75, 3.05) is 0 Å². The zero-order valence-electron chi connectivity index (χ0n) is 15.1. The topological polar surface area (TPSA) is 0 Å². The summed E-state index contributed by atoms with van der Waals surface area (Å²) < 4.78 is 0. The first-order valence-electron chi connectivity index (χ1n) is 9.12. The third-order valence-corrected chi connectivity index (χ3v) is 9.78. The second kappa shape index (κ2) is 8.13. The van der Waals surface area contributed by atoms with E-state index in [2.05, 4.69) is 115 Å². The van der Waals surface area contributed by atoms with Gasteiger partial charge in [0.25, 0.3) is 0 Å². The Balaban J connectivity index is 2.02. The molecule has 132 valence electrons. The lowest BCUT2D eigenvalue weighted by molar-refractivity contribution is 1.26. The largest absolute Gasteiger partial charge is 0.143 e. The quantitative estimate of drug-likeness (QED) is 0.342. The smallest absolute Gasteiger partial charge is 0.116 e. The molecule has 2 heteroatoms. The van der Waals surface area contributed by atoms with Crippen LogP contribution in [0.5, 0.6) is 0 Å². The van der Waals surface area contributed by atoms with E-state index in [0.717, 1.165) is 11.1 Å². The van der Waals surface area contributed by atoms with Gasteiger partial charge >= 0.3 is 0 Å². The van der Waals surface area contributed by atoms with Crippen LogP contribution in [0.2, 0.25) is 0 Å². The Bertz CT molecular complexity index is 901. The lowest BCUT2D eigenvalue weighted by atomic mass is 10.2. The van der Waals surface area contributed by atoms with Crippen LogP contribution in [0.25, 0.3) is 0 Å². The van der Waals surface area contributed by atoms with E-state index >= 15 is 0 Å². The van der Waals surface area contributed by atoms with Gasteiger partial charge in [-0.3, -0.25) is 0 Å². The van der Waals surface area contributed by atoms with Gasteiger partial charge in [-0.15, -0.1) is 12.6 Å². The molecule has 0 fully saturated rings. The Hall–Kier alpha value is -2.34. The molecule has 0 saturated carbocycles. The van der Waals surface area contributed by atoms with Gasteiger partial charge in [0.05, 0.1) is 6.16 Å². The number of benzene rings is 4. The number of hydrogen-bond donors (Lipinski definition) is 1. The Morgan fingerprint density at radius 2 is 0.852 bits per heavy atom. The normalized spacial score (nSPS) is 11.3. The van der Waals surface area contributed by atoms with Gasteiger partial charge in [0.15, 0.2) is 0 Å². The van der Waals surface area contributed by atoms with Crippen LogP contribution >= 0.6 is 19.9 Å². The third kappa shape index (κ3) is 3.58. The van der Waals surface area contributed by atoms with Crippen molar-refractivity contribution in [3.05, 3.63) is 121 Å². The highest BCUT2D eigenvalue weighted by atomic mass is 32.1. The first kappa shape index (κ1) is 18.0. The first-order chi connectivity index (χ1) is 13.3. The second-order valence-electron chi connectivity index (χ2n) is 6.60. The maximum absolute atomic E-state index is 4.76. The first-order valence-corrected chi connectivity index (χ1v) is 11.5. The van der Waals surface area contributed by atoms with Gasteiger partial charge in [0.1, 0.15) is 23.2 Å². The van der Waals surface area contributed by atoms with Crippen molar-refractivity contribution in [1.29, 1.82) is 0 Å². The Morgan fingerprint density at radius 3 is 1.26 bits per heavy atom. The molecule has 27 heavy (non-hydrogen) atoms. The van der Waals surface area contributed by atoms with Crippen LogP contribution in [0, 0.1) is 0 Å². The van der Waals surface area contributed by atoms with Crippen molar-refractivity contribution >= 4 is 35.8 Å². The van der Waals surface area contributed by atoms with E-state index in [1.807, 2.05) is 0 Å². The van der Waals surface area contributed by atoms with Gasteiger partial charge in [0.2, 0.25) is 0 Å². The lowest BCUT2D eigenvalue weighted by Crippen LogP contribution is -2.32. The molecule has 0 radical (unpaired) electrons. The van der Waals surface area contributed by atoms with Gasteiger partial charge < -0.3 is 0 Å². The van der Waals surface area contributed by atoms with Crippen LogP contribution in [-0.4, -0.2) is 0 Å². The fraction of sp³-hybridized carbons (Fsp3) is 0.0400. The highest BCUT2D eigenvalue weighted by molar-refractivity contribution is 7.95. The molecule has 0 aliphatic heterocycles. The molecule has 0 aromatic heterocycles. The fourth-order valence-electron chi connectivity index (χ4n) is 3.67. The second-order valence-corrected chi connectivity index (χ2v) is 10.6. The summed E-state index contributed by atoms with van der Waals surface area (Å²) in [5, 5.41) is 4.21. The molecule has 0 N–H and O–H groups in total. The summed E-state index contributed by atoms with van der Waals surface area (Å²) in [5.74, 6) is 0. The summed E-state index contributed by atoms with van der Waals surface area (Å²) in [6.07, 6.45) is 0.963. The van der Waals surface area contributed by atoms with Gasteiger partial charge in [0, 0.05) is 10.5 Å². The molecular formula is C25H22PS+. The highest BCUT2D eigenvalue weighted by Crippen LogP contribution is 2.58. The van der Waals surface area contributed by atoms with Crippen molar-refractivity contribution in [3.63, 3.8) is 0 Å². The monoisotopic (exact) mass is 385 g/mol. The van der Waals surface area contributed by atoms with Crippen LogP contribution in [0.3, 0.4) is 0 Å². The van der Waals surface area contributed by atoms with Gasteiger partial charge in [-0.1, -0.05) is 72.8 Å². The molecule has 0 bridgehead atoms. The Labute approximate surface area is 167 Å². The van der Waals surface area contributed by atoms with E-state index in [0.29, 0.717) is 0 Å². The van der Waals surface area contributed by atoms with Crippen LogP contribution < -0.4 is 15.9 Å². The van der Waals surface area contributed by atoms with Crippen LogP contribution in [0.15, 0.2) is 120 Å². The maximum atomic E-state index is 4.76. The Kier molecular flexibility index (Phi) is 5.43. The average Bonchev–Trinajstić information content (AvgIpc) is 2.75. The fourth-order valence-corrected chi connectivity index (χ4v) is 8.31. The molecule has 4 aromatic carbocycles. The minimum Gasteiger partial charge on any atom is -0.143 e. The summed E-state index contributed by atoms with van der Waals surface area (Å²) in [7, 11) is -1.85. The summed E-state index contributed by atoms with van der Waals surface area (Å²) >= 11 is 4.76. The maximum Gasteiger partial charge on any atom is 0.116 e.